The molecular formula is C10H21N3O. The van der Waals surface area contributed by atoms with E-state index < -0.39 is 0 Å². The number of hydrogen-bond donors (Lipinski definition) is 2. The number of hydrogen-bond acceptors (Lipinski definition) is 3. The van der Waals surface area contributed by atoms with Crippen molar-refractivity contribution in [1.29, 1.82) is 0 Å². The van der Waals surface area contributed by atoms with Crippen LogP contribution in [0.5, 0.6) is 0 Å². The van der Waals surface area contributed by atoms with E-state index in [1.54, 1.807) is 0 Å². The molecule has 1 saturated carbocycles. The third kappa shape index (κ3) is 2.96. The van der Waals surface area contributed by atoms with Crippen molar-refractivity contribution < 1.29 is 4.79 Å². The van der Waals surface area contributed by atoms with Gasteiger partial charge in [-0.2, -0.15) is 0 Å². The predicted octanol–water partition coefficient (Wildman–Crippen LogP) is 0.343. The van der Waals surface area contributed by atoms with Gasteiger partial charge in [0.05, 0.1) is 5.92 Å². The maximum Gasteiger partial charge on any atom is 0.238 e. The monoisotopic (exact) mass is 199 g/mol. The van der Waals surface area contributed by atoms with E-state index >= 15 is 0 Å². The highest BCUT2D eigenvalue weighted by molar-refractivity contribution is 5.78. The molecule has 0 radical (unpaired) electrons. The Morgan fingerprint density at radius 2 is 2.14 bits per heavy atom. The summed E-state index contributed by atoms with van der Waals surface area (Å²) in [5.74, 6) is 5.83. The first-order valence-corrected chi connectivity index (χ1v) is 5.27. The molecule has 82 valence electrons. The molecule has 4 heteroatoms. The van der Waals surface area contributed by atoms with Crippen molar-refractivity contribution in [2.24, 2.45) is 17.7 Å². The SMILES string of the molecule is CC(C(=O)NN)C(C)N(C)CC1CC1. The van der Waals surface area contributed by atoms with E-state index in [-0.39, 0.29) is 17.9 Å². The van der Waals surface area contributed by atoms with E-state index in [1.807, 2.05) is 6.92 Å². The lowest BCUT2D eigenvalue weighted by molar-refractivity contribution is -0.126. The third-order valence-electron chi connectivity index (χ3n) is 3.22. The van der Waals surface area contributed by atoms with E-state index in [0.717, 1.165) is 12.5 Å². The summed E-state index contributed by atoms with van der Waals surface area (Å²) < 4.78 is 0. The van der Waals surface area contributed by atoms with Crippen molar-refractivity contribution in [3.8, 4) is 0 Å². The molecule has 14 heavy (non-hydrogen) atoms. The van der Waals surface area contributed by atoms with Crippen LogP contribution in [0.2, 0.25) is 0 Å². The minimum atomic E-state index is -0.0832. The van der Waals surface area contributed by atoms with Crippen LogP contribution >= 0.6 is 0 Å². The maximum absolute atomic E-state index is 11.3. The molecule has 1 amide bonds. The molecule has 1 aliphatic rings. The summed E-state index contributed by atoms with van der Waals surface area (Å²) in [6.07, 6.45) is 2.68. The van der Waals surface area contributed by atoms with Gasteiger partial charge >= 0.3 is 0 Å². The summed E-state index contributed by atoms with van der Waals surface area (Å²) in [7, 11) is 2.07. The smallest absolute Gasteiger partial charge is 0.238 e. The maximum atomic E-state index is 11.3. The largest absolute Gasteiger partial charge is 0.303 e. The number of nitrogens with one attached hydrogen (secondary N) is 1. The Morgan fingerprint density at radius 3 is 2.57 bits per heavy atom. The van der Waals surface area contributed by atoms with Gasteiger partial charge in [0.2, 0.25) is 5.91 Å². The van der Waals surface area contributed by atoms with Crippen LogP contribution in [0.1, 0.15) is 26.7 Å². The molecule has 0 aromatic carbocycles. The van der Waals surface area contributed by atoms with Crippen LogP contribution in [0.3, 0.4) is 0 Å². The Labute approximate surface area is 85.8 Å². The second kappa shape index (κ2) is 4.75. The summed E-state index contributed by atoms with van der Waals surface area (Å²) in [5, 5.41) is 0. The van der Waals surface area contributed by atoms with Gasteiger partial charge < -0.3 is 4.90 Å². The van der Waals surface area contributed by atoms with E-state index in [9.17, 15) is 4.79 Å². The molecule has 0 aromatic heterocycles. The summed E-state index contributed by atoms with van der Waals surface area (Å²) >= 11 is 0. The number of amides is 1. The van der Waals surface area contributed by atoms with E-state index in [2.05, 4.69) is 24.3 Å². The average Bonchev–Trinajstić information content (AvgIpc) is 2.97. The van der Waals surface area contributed by atoms with E-state index in [4.69, 9.17) is 5.84 Å². The second-order valence-electron chi connectivity index (χ2n) is 4.42. The standard InChI is InChI=1S/C10H21N3O/c1-7(10(14)12-11)8(2)13(3)6-9-4-5-9/h7-9H,4-6,11H2,1-3H3,(H,12,14). The highest BCUT2D eigenvalue weighted by Crippen LogP contribution is 2.30. The lowest BCUT2D eigenvalue weighted by Gasteiger charge is -2.28. The van der Waals surface area contributed by atoms with Crippen LogP contribution in [0.15, 0.2) is 0 Å². The van der Waals surface area contributed by atoms with Gasteiger partial charge in [-0.3, -0.25) is 10.2 Å². The predicted molar refractivity (Wildman–Crippen MR) is 56.3 cm³/mol. The topological polar surface area (TPSA) is 58.4 Å². The molecule has 0 heterocycles. The molecule has 2 atom stereocenters. The van der Waals surface area contributed by atoms with Gasteiger partial charge in [0, 0.05) is 12.6 Å². The molecule has 0 spiro atoms. The normalized spacial score (nSPS) is 20.6. The van der Waals surface area contributed by atoms with Crippen molar-refractivity contribution in [1.82, 2.24) is 10.3 Å². The fraction of sp³-hybridized carbons (Fsp3) is 0.900. The summed E-state index contributed by atoms with van der Waals surface area (Å²) in [4.78, 5) is 13.5. The first-order valence-electron chi connectivity index (χ1n) is 5.27. The van der Waals surface area contributed by atoms with Crippen molar-refractivity contribution in [3.63, 3.8) is 0 Å². The molecular weight excluding hydrogens is 178 g/mol. The number of carbonyl (C=O) groups is 1. The molecule has 0 saturated heterocycles. The van der Waals surface area contributed by atoms with Crippen molar-refractivity contribution in [2.75, 3.05) is 13.6 Å². The molecule has 0 aliphatic heterocycles. The van der Waals surface area contributed by atoms with Crippen molar-refractivity contribution in [2.45, 2.75) is 32.7 Å². The number of hydrazine groups is 1. The fourth-order valence-electron chi connectivity index (χ4n) is 1.61. The van der Waals surface area contributed by atoms with Crippen LogP contribution < -0.4 is 11.3 Å². The van der Waals surface area contributed by atoms with Crippen molar-refractivity contribution in [3.05, 3.63) is 0 Å². The Balaban J connectivity index is 2.36. The zero-order chi connectivity index (χ0) is 10.7. The Kier molecular flexibility index (Phi) is 3.89. The van der Waals surface area contributed by atoms with Gasteiger partial charge in [0.1, 0.15) is 0 Å². The Morgan fingerprint density at radius 1 is 1.57 bits per heavy atom. The molecule has 0 aromatic rings. The van der Waals surface area contributed by atoms with Gasteiger partial charge in [-0.25, -0.2) is 5.84 Å². The minimum absolute atomic E-state index is 0.0521. The second-order valence-corrected chi connectivity index (χ2v) is 4.42. The van der Waals surface area contributed by atoms with Crippen LogP contribution in [-0.4, -0.2) is 30.4 Å². The number of carbonyl (C=O) groups excluding carboxylic acids is 1. The van der Waals surface area contributed by atoms with Gasteiger partial charge in [0.25, 0.3) is 0 Å². The number of rotatable bonds is 5. The molecule has 1 rings (SSSR count). The average molecular weight is 199 g/mol. The summed E-state index contributed by atoms with van der Waals surface area (Å²) in [6, 6.07) is 0.249. The van der Waals surface area contributed by atoms with E-state index in [0.29, 0.717) is 0 Å². The highest BCUT2D eigenvalue weighted by atomic mass is 16.2. The summed E-state index contributed by atoms with van der Waals surface area (Å²) in [5.41, 5.74) is 2.20. The van der Waals surface area contributed by atoms with Gasteiger partial charge in [-0.1, -0.05) is 6.92 Å². The molecule has 3 N–H and O–H groups in total. The third-order valence-corrected chi connectivity index (χ3v) is 3.22. The minimum Gasteiger partial charge on any atom is -0.303 e. The number of nitrogens with two attached hydrogens (primary N) is 1. The van der Waals surface area contributed by atoms with Crippen LogP contribution in [0.25, 0.3) is 0 Å². The molecule has 4 nitrogen and oxygen atoms in total. The zero-order valence-electron chi connectivity index (χ0n) is 9.29. The number of nitrogens with zero attached hydrogens (tertiary/aromatic N) is 1. The van der Waals surface area contributed by atoms with Crippen LogP contribution in [-0.2, 0) is 4.79 Å². The van der Waals surface area contributed by atoms with Gasteiger partial charge in [-0.15, -0.1) is 0 Å². The van der Waals surface area contributed by atoms with Crippen LogP contribution in [0.4, 0.5) is 0 Å². The fourth-order valence-corrected chi connectivity index (χ4v) is 1.61. The first-order chi connectivity index (χ1) is 6.56. The molecule has 2 unspecified atom stereocenters. The molecule has 1 fully saturated rings. The zero-order valence-corrected chi connectivity index (χ0v) is 9.29. The van der Waals surface area contributed by atoms with Crippen LogP contribution in [0, 0.1) is 11.8 Å². The summed E-state index contributed by atoms with van der Waals surface area (Å²) in [6.45, 7) is 5.09. The molecule has 0 bridgehead atoms. The van der Waals surface area contributed by atoms with Crippen molar-refractivity contribution >= 4 is 5.91 Å². The van der Waals surface area contributed by atoms with Gasteiger partial charge in [0.15, 0.2) is 0 Å². The lowest BCUT2D eigenvalue weighted by Crippen LogP contribution is -2.45. The van der Waals surface area contributed by atoms with Gasteiger partial charge in [-0.05, 0) is 32.7 Å². The quantitative estimate of drug-likeness (QED) is 0.381. The molecule has 1 aliphatic carbocycles. The Bertz CT molecular complexity index is 204. The lowest BCUT2D eigenvalue weighted by atomic mass is 10.0. The Hall–Kier alpha value is -0.610. The first kappa shape index (κ1) is 11.5. The highest BCUT2D eigenvalue weighted by Gasteiger charge is 2.28. The van der Waals surface area contributed by atoms with E-state index in [1.165, 1.54) is 12.8 Å².